The second kappa shape index (κ2) is 4.48. The van der Waals surface area contributed by atoms with Crippen LogP contribution in [0.1, 0.15) is 33.8 Å². The fourth-order valence-corrected chi connectivity index (χ4v) is 3.77. The van der Waals surface area contributed by atoms with Crippen molar-refractivity contribution in [3.05, 3.63) is 70.8 Å². The molecule has 106 valence electrons. The highest BCUT2D eigenvalue weighted by Gasteiger charge is 2.56. The van der Waals surface area contributed by atoms with E-state index in [1.807, 2.05) is 12.1 Å². The van der Waals surface area contributed by atoms with Crippen LogP contribution in [0.2, 0.25) is 0 Å². The Morgan fingerprint density at radius 3 is 2.67 bits per heavy atom. The lowest BCUT2D eigenvalue weighted by molar-refractivity contribution is 0.0958. The number of Topliss-reactive ketones (excluding diaryl/α,β-unsaturated/α-hetero) is 1. The molecule has 2 aliphatic carbocycles. The molecular weight excluding hydrogens is 270 g/mol. The monoisotopic (exact) mass is 284 g/mol. The highest BCUT2D eigenvalue weighted by Crippen LogP contribution is 2.60. The van der Waals surface area contributed by atoms with Crippen molar-refractivity contribution in [1.82, 2.24) is 0 Å². The van der Waals surface area contributed by atoms with Gasteiger partial charge in [0, 0.05) is 11.5 Å². The number of hydrogen-bond donors (Lipinski definition) is 0. The maximum Gasteiger partial charge on any atom is 0.166 e. The van der Waals surface area contributed by atoms with Gasteiger partial charge in [-0.05, 0) is 54.0 Å². The van der Waals surface area contributed by atoms with Gasteiger partial charge >= 0.3 is 0 Å². The third-order valence-electron chi connectivity index (χ3n) is 4.84. The largest absolute Gasteiger partial charge is 0.294 e. The van der Waals surface area contributed by atoms with Crippen LogP contribution in [-0.2, 0) is 6.42 Å². The summed E-state index contributed by atoms with van der Waals surface area (Å²) in [4.78, 5) is 12.6. The molecule has 1 saturated carbocycles. The van der Waals surface area contributed by atoms with E-state index >= 15 is 0 Å². The van der Waals surface area contributed by atoms with Crippen molar-refractivity contribution >= 4 is 5.78 Å². The van der Waals surface area contributed by atoms with Crippen molar-refractivity contribution in [3.8, 4) is 0 Å². The molecule has 3 unspecified atom stereocenters. The lowest BCUT2D eigenvalue weighted by Crippen LogP contribution is -2.05. The molecule has 1 nitrogen and oxygen atoms in total. The van der Waals surface area contributed by atoms with Crippen LogP contribution in [0.4, 0.5) is 8.78 Å². The molecule has 0 N–H and O–H groups in total. The van der Waals surface area contributed by atoms with E-state index in [9.17, 15) is 13.6 Å². The van der Waals surface area contributed by atoms with E-state index in [-0.39, 0.29) is 23.2 Å². The molecule has 0 radical (unpaired) electrons. The topological polar surface area (TPSA) is 17.1 Å². The summed E-state index contributed by atoms with van der Waals surface area (Å²) in [5, 5.41) is 0. The van der Waals surface area contributed by atoms with E-state index in [1.165, 1.54) is 17.2 Å². The summed E-state index contributed by atoms with van der Waals surface area (Å²) in [5.74, 6) is -1.37. The molecule has 1 fully saturated rings. The normalized spacial score (nSPS) is 25.9. The Hall–Kier alpha value is -2.03. The third kappa shape index (κ3) is 1.91. The van der Waals surface area contributed by atoms with Crippen LogP contribution in [-0.4, -0.2) is 5.78 Å². The Kier molecular flexibility index (Phi) is 2.71. The number of ketones is 1. The molecule has 0 aliphatic heterocycles. The van der Waals surface area contributed by atoms with Gasteiger partial charge in [-0.1, -0.05) is 24.3 Å². The SMILES string of the molecule is O=C(c1ccc(F)c(F)c1)C1C2CCc3ccccc3C21. The molecule has 0 heterocycles. The summed E-state index contributed by atoms with van der Waals surface area (Å²) < 4.78 is 26.3. The van der Waals surface area contributed by atoms with Gasteiger partial charge in [0.15, 0.2) is 17.4 Å². The van der Waals surface area contributed by atoms with Gasteiger partial charge < -0.3 is 0 Å². The van der Waals surface area contributed by atoms with Gasteiger partial charge in [-0.15, -0.1) is 0 Å². The van der Waals surface area contributed by atoms with Gasteiger partial charge in [0.2, 0.25) is 0 Å². The zero-order chi connectivity index (χ0) is 14.6. The van der Waals surface area contributed by atoms with Crippen molar-refractivity contribution in [3.63, 3.8) is 0 Å². The first-order chi connectivity index (χ1) is 10.2. The molecule has 0 spiro atoms. The zero-order valence-electron chi connectivity index (χ0n) is 11.4. The Bertz CT molecular complexity index is 738. The fourth-order valence-electron chi connectivity index (χ4n) is 3.77. The van der Waals surface area contributed by atoms with Crippen LogP contribution in [0.3, 0.4) is 0 Å². The van der Waals surface area contributed by atoms with Crippen molar-refractivity contribution in [2.75, 3.05) is 0 Å². The van der Waals surface area contributed by atoms with Crippen LogP contribution < -0.4 is 0 Å². The van der Waals surface area contributed by atoms with E-state index in [0.29, 0.717) is 5.92 Å². The summed E-state index contributed by atoms with van der Waals surface area (Å²) in [7, 11) is 0. The van der Waals surface area contributed by atoms with Crippen LogP contribution in [0.15, 0.2) is 42.5 Å². The zero-order valence-corrected chi connectivity index (χ0v) is 11.4. The lowest BCUT2D eigenvalue weighted by Gasteiger charge is -2.13. The summed E-state index contributed by atoms with van der Waals surface area (Å²) in [6.07, 6.45) is 2.00. The average Bonchev–Trinajstić information content (AvgIpc) is 3.24. The number of halogens is 2. The molecule has 2 aromatic rings. The van der Waals surface area contributed by atoms with E-state index < -0.39 is 11.6 Å². The number of carbonyl (C=O) groups is 1. The second-order valence-electron chi connectivity index (χ2n) is 5.95. The predicted molar refractivity (Wildman–Crippen MR) is 75.2 cm³/mol. The van der Waals surface area contributed by atoms with Gasteiger partial charge in [-0.3, -0.25) is 4.79 Å². The van der Waals surface area contributed by atoms with Crippen molar-refractivity contribution in [2.45, 2.75) is 18.8 Å². The minimum Gasteiger partial charge on any atom is -0.294 e. The highest BCUT2D eigenvalue weighted by atomic mass is 19.2. The first-order valence-corrected chi connectivity index (χ1v) is 7.24. The third-order valence-corrected chi connectivity index (χ3v) is 4.84. The molecular formula is C18H14F2O. The number of fused-ring (bicyclic) bond motifs is 3. The van der Waals surface area contributed by atoms with Crippen LogP contribution >= 0.6 is 0 Å². The first kappa shape index (κ1) is 12.7. The molecule has 2 aliphatic rings. The van der Waals surface area contributed by atoms with Crippen LogP contribution in [0.25, 0.3) is 0 Å². The quantitative estimate of drug-likeness (QED) is 0.758. The molecule has 3 heteroatoms. The summed E-state index contributed by atoms with van der Waals surface area (Å²) in [6, 6.07) is 11.7. The van der Waals surface area contributed by atoms with Crippen LogP contribution in [0.5, 0.6) is 0 Å². The smallest absolute Gasteiger partial charge is 0.166 e. The summed E-state index contributed by atoms with van der Waals surface area (Å²) in [5.41, 5.74) is 2.86. The first-order valence-electron chi connectivity index (χ1n) is 7.24. The van der Waals surface area contributed by atoms with E-state index in [2.05, 4.69) is 12.1 Å². The molecule has 0 amide bonds. The van der Waals surface area contributed by atoms with Gasteiger partial charge in [0.05, 0.1) is 0 Å². The van der Waals surface area contributed by atoms with Gasteiger partial charge in [0.1, 0.15) is 0 Å². The molecule has 0 saturated heterocycles. The maximum atomic E-state index is 13.3. The Morgan fingerprint density at radius 1 is 1.05 bits per heavy atom. The van der Waals surface area contributed by atoms with Gasteiger partial charge in [-0.25, -0.2) is 8.78 Å². The Morgan fingerprint density at radius 2 is 1.86 bits per heavy atom. The minimum atomic E-state index is -0.954. The molecule has 2 aromatic carbocycles. The molecule has 0 aromatic heterocycles. The molecule has 21 heavy (non-hydrogen) atoms. The summed E-state index contributed by atoms with van der Waals surface area (Å²) >= 11 is 0. The number of carbonyl (C=O) groups excluding carboxylic acids is 1. The number of rotatable bonds is 2. The number of hydrogen-bond acceptors (Lipinski definition) is 1. The van der Waals surface area contributed by atoms with E-state index in [4.69, 9.17) is 0 Å². The van der Waals surface area contributed by atoms with Gasteiger partial charge in [0.25, 0.3) is 0 Å². The van der Waals surface area contributed by atoms with E-state index in [0.717, 1.165) is 25.0 Å². The molecule has 4 rings (SSSR count). The lowest BCUT2D eigenvalue weighted by atomic mass is 9.92. The summed E-state index contributed by atoms with van der Waals surface area (Å²) in [6.45, 7) is 0. The number of benzene rings is 2. The molecule has 3 atom stereocenters. The Balaban J connectivity index is 1.65. The highest BCUT2D eigenvalue weighted by molar-refractivity contribution is 6.01. The average molecular weight is 284 g/mol. The van der Waals surface area contributed by atoms with Crippen molar-refractivity contribution in [2.24, 2.45) is 11.8 Å². The van der Waals surface area contributed by atoms with Crippen molar-refractivity contribution in [1.29, 1.82) is 0 Å². The maximum absolute atomic E-state index is 13.3. The molecule has 0 bridgehead atoms. The van der Waals surface area contributed by atoms with Gasteiger partial charge in [-0.2, -0.15) is 0 Å². The predicted octanol–water partition coefficient (Wildman–Crippen LogP) is 4.12. The Labute approximate surface area is 121 Å². The second-order valence-corrected chi connectivity index (χ2v) is 5.95. The van der Waals surface area contributed by atoms with E-state index in [1.54, 1.807) is 0 Å². The fraction of sp³-hybridized carbons (Fsp3) is 0.278. The van der Waals surface area contributed by atoms with Crippen molar-refractivity contribution < 1.29 is 13.6 Å². The van der Waals surface area contributed by atoms with Crippen LogP contribution in [0, 0.1) is 23.5 Å². The minimum absolute atomic E-state index is 0.0550. The number of aryl methyl sites for hydroxylation is 1. The standard InChI is InChI=1S/C18H14F2O/c19-14-8-6-11(9-15(14)20)18(21)17-13-7-5-10-3-1-2-4-12(10)16(13)17/h1-4,6,8-9,13,16-17H,5,7H2.